The molecule has 0 spiro atoms. The first-order chi connectivity index (χ1) is 12.3. The van der Waals surface area contributed by atoms with Crippen molar-refractivity contribution in [1.82, 2.24) is 15.1 Å². The van der Waals surface area contributed by atoms with E-state index in [1.807, 2.05) is 0 Å². The van der Waals surface area contributed by atoms with Crippen LogP contribution in [0, 0.1) is 0 Å². The Labute approximate surface area is 151 Å². The van der Waals surface area contributed by atoms with Gasteiger partial charge in [-0.05, 0) is 57.1 Å². The number of nitrogens with zero attached hydrogens (tertiary/aromatic N) is 2. The number of hydrogen-bond acceptors (Lipinski definition) is 3. The number of amides is 1. The third-order valence-electron chi connectivity index (χ3n) is 6.12. The van der Waals surface area contributed by atoms with Crippen molar-refractivity contribution in [2.24, 2.45) is 0 Å². The molecule has 1 atom stereocenters. The van der Waals surface area contributed by atoms with Crippen molar-refractivity contribution < 1.29 is 4.79 Å². The average Bonchev–Trinajstić information content (AvgIpc) is 3.39. The minimum Gasteiger partial charge on any atom is -0.352 e. The number of benzene rings is 1. The van der Waals surface area contributed by atoms with E-state index in [9.17, 15) is 4.79 Å². The van der Waals surface area contributed by atoms with Crippen LogP contribution in [-0.2, 0) is 11.2 Å². The highest BCUT2D eigenvalue weighted by Crippen LogP contribution is 2.29. The fourth-order valence-electron chi connectivity index (χ4n) is 4.53. The molecule has 2 saturated heterocycles. The molecule has 1 amide bonds. The summed E-state index contributed by atoms with van der Waals surface area (Å²) in [6.07, 6.45) is 8.50. The normalized spacial score (nSPS) is 26.0. The monoisotopic (exact) mass is 341 g/mol. The second-order valence-electron chi connectivity index (χ2n) is 8.07. The van der Waals surface area contributed by atoms with E-state index in [1.54, 1.807) is 0 Å². The van der Waals surface area contributed by atoms with Crippen LogP contribution in [0.3, 0.4) is 0 Å². The Morgan fingerprint density at radius 2 is 1.76 bits per heavy atom. The lowest BCUT2D eigenvalue weighted by molar-refractivity contribution is -0.123. The summed E-state index contributed by atoms with van der Waals surface area (Å²) in [7, 11) is 0. The van der Waals surface area contributed by atoms with Gasteiger partial charge in [-0.25, -0.2) is 0 Å². The molecule has 3 aliphatic rings. The van der Waals surface area contributed by atoms with E-state index in [2.05, 4.69) is 45.4 Å². The van der Waals surface area contributed by atoms with E-state index in [0.29, 0.717) is 18.6 Å². The van der Waals surface area contributed by atoms with E-state index >= 15 is 0 Å². The lowest BCUT2D eigenvalue weighted by atomic mass is 10.0. The van der Waals surface area contributed by atoms with Crippen LogP contribution in [0.5, 0.6) is 0 Å². The number of carbonyl (C=O) groups excluding carboxylic acids is 1. The molecule has 0 aromatic heterocycles. The molecule has 4 nitrogen and oxygen atoms in total. The van der Waals surface area contributed by atoms with Crippen LogP contribution in [-0.4, -0.2) is 60.0 Å². The van der Waals surface area contributed by atoms with Gasteiger partial charge in [-0.15, -0.1) is 0 Å². The maximum absolute atomic E-state index is 12.5. The molecule has 0 unspecified atom stereocenters. The largest absolute Gasteiger partial charge is 0.352 e. The zero-order chi connectivity index (χ0) is 17.1. The Kier molecular flexibility index (Phi) is 5.37. The summed E-state index contributed by atoms with van der Waals surface area (Å²) in [5.41, 5.74) is 1.38. The van der Waals surface area contributed by atoms with Gasteiger partial charge in [0.15, 0.2) is 0 Å². The molecule has 1 aromatic carbocycles. The zero-order valence-electron chi connectivity index (χ0n) is 15.2. The molecule has 3 fully saturated rings. The van der Waals surface area contributed by atoms with Crippen LogP contribution < -0.4 is 5.32 Å². The summed E-state index contributed by atoms with van der Waals surface area (Å²) in [5.74, 6) is 0.227. The molecule has 25 heavy (non-hydrogen) atoms. The summed E-state index contributed by atoms with van der Waals surface area (Å²) < 4.78 is 0. The van der Waals surface area contributed by atoms with Crippen LogP contribution >= 0.6 is 0 Å². The van der Waals surface area contributed by atoms with Crippen molar-refractivity contribution in [3.63, 3.8) is 0 Å². The third kappa shape index (κ3) is 4.62. The van der Waals surface area contributed by atoms with Crippen molar-refractivity contribution in [2.75, 3.05) is 26.2 Å². The number of piperidine rings is 1. The number of likely N-dealkylation sites (tertiary alicyclic amines) is 2. The van der Waals surface area contributed by atoms with Gasteiger partial charge in [0.25, 0.3) is 0 Å². The van der Waals surface area contributed by atoms with Gasteiger partial charge in [0, 0.05) is 31.2 Å². The second kappa shape index (κ2) is 7.88. The maximum Gasteiger partial charge on any atom is 0.234 e. The Balaban J connectivity index is 1.22. The van der Waals surface area contributed by atoms with Gasteiger partial charge >= 0.3 is 0 Å². The first-order valence-electron chi connectivity index (χ1n) is 10.1. The minimum absolute atomic E-state index is 0.227. The average molecular weight is 341 g/mol. The maximum atomic E-state index is 12.5. The Morgan fingerprint density at radius 1 is 1.00 bits per heavy atom. The minimum atomic E-state index is 0.227. The standard InChI is InChI=1S/C21H31N3O/c25-21(22-18-10-13-23(14-11-18)19-8-9-19)16-24-12-4-7-20(24)15-17-5-2-1-3-6-17/h1-3,5-6,18-20H,4,7-16H2,(H,22,25)/t20-/m1/s1. The smallest absolute Gasteiger partial charge is 0.234 e. The van der Waals surface area contributed by atoms with Gasteiger partial charge < -0.3 is 10.2 Å². The summed E-state index contributed by atoms with van der Waals surface area (Å²) in [4.78, 5) is 17.5. The predicted molar refractivity (Wildman–Crippen MR) is 101 cm³/mol. The van der Waals surface area contributed by atoms with E-state index in [4.69, 9.17) is 0 Å². The van der Waals surface area contributed by atoms with Gasteiger partial charge in [0.1, 0.15) is 0 Å². The highest BCUT2D eigenvalue weighted by molar-refractivity contribution is 5.78. The van der Waals surface area contributed by atoms with E-state index in [0.717, 1.165) is 44.9 Å². The van der Waals surface area contributed by atoms with E-state index in [1.165, 1.54) is 31.2 Å². The fourth-order valence-corrected chi connectivity index (χ4v) is 4.53. The highest BCUT2D eigenvalue weighted by Gasteiger charge is 2.32. The Hall–Kier alpha value is -1.39. The van der Waals surface area contributed by atoms with Crippen molar-refractivity contribution in [2.45, 2.75) is 63.1 Å². The molecule has 4 rings (SSSR count). The summed E-state index contributed by atoms with van der Waals surface area (Å²) in [6, 6.07) is 12.4. The zero-order valence-corrected chi connectivity index (χ0v) is 15.2. The molecule has 0 bridgehead atoms. The molecule has 4 heteroatoms. The summed E-state index contributed by atoms with van der Waals surface area (Å²) in [5, 5.41) is 3.30. The topological polar surface area (TPSA) is 35.6 Å². The summed E-state index contributed by atoms with van der Waals surface area (Å²) in [6.45, 7) is 3.96. The van der Waals surface area contributed by atoms with Crippen molar-refractivity contribution in [3.05, 3.63) is 35.9 Å². The van der Waals surface area contributed by atoms with Crippen LogP contribution in [0.2, 0.25) is 0 Å². The van der Waals surface area contributed by atoms with Crippen LogP contribution in [0.1, 0.15) is 44.1 Å². The molecule has 0 radical (unpaired) electrons. The van der Waals surface area contributed by atoms with Crippen LogP contribution in [0.25, 0.3) is 0 Å². The number of rotatable bonds is 6. The quantitative estimate of drug-likeness (QED) is 0.863. The second-order valence-corrected chi connectivity index (χ2v) is 8.07. The number of nitrogens with one attached hydrogen (secondary N) is 1. The highest BCUT2D eigenvalue weighted by atomic mass is 16.2. The first kappa shape index (κ1) is 17.0. The van der Waals surface area contributed by atoms with Gasteiger partial charge in [-0.2, -0.15) is 0 Å². The molecule has 136 valence electrons. The molecule has 2 aliphatic heterocycles. The van der Waals surface area contributed by atoms with Crippen LogP contribution in [0.15, 0.2) is 30.3 Å². The van der Waals surface area contributed by atoms with Crippen molar-refractivity contribution in [3.8, 4) is 0 Å². The molecular formula is C21H31N3O. The molecule has 1 aliphatic carbocycles. The van der Waals surface area contributed by atoms with Crippen molar-refractivity contribution >= 4 is 5.91 Å². The van der Waals surface area contributed by atoms with Gasteiger partial charge in [-0.1, -0.05) is 30.3 Å². The van der Waals surface area contributed by atoms with E-state index in [-0.39, 0.29) is 5.91 Å². The van der Waals surface area contributed by atoms with Crippen molar-refractivity contribution in [1.29, 1.82) is 0 Å². The van der Waals surface area contributed by atoms with Gasteiger partial charge in [0.2, 0.25) is 5.91 Å². The molecule has 1 aromatic rings. The Bertz CT molecular complexity index is 564. The van der Waals surface area contributed by atoms with Gasteiger partial charge in [-0.3, -0.25) is 9.69 Å². The SMILES string of the molecule is O=C(CN1CCC[C@@H]1Cc1ccccc1)NC1CCN(C2CC2)CC1. The first-order valence-corrected chi connectivity index (χ1v) is 10.1. The van der Waals surface area contributed by atoms with Crippen LogP contribution in [0.4, 0.5) is 0 Å². The predicted octanol–water partition coefficient (Wildman–Crippen LogP) is 2.44. The molecule has 1 saturated carbocycles. The molecule has 1 N–H and O–H groups in total. The molecular weight excluding hydrogens is 310 g/mol. The third-order valence-corrected chi connectivity index (χ3v) is 6.12. The lowest BCUT2D eigenvalue weighted by Crippen LogP contribution is -2.48. The number of carbonyl (C=O) groups is 1. The van der Waals surface area contributed by atoms with Gasteiger partial charge in [0.05, 0.1) is 6.54 Å². The summed E-state index contributed by atoms with van der Waals surface area (Å²) >= 11 is 0. The fraction of sp³-hybridized carbons (Fsp3) is 0.667. The lowest BCUT2D eigenvalue weighted by Gasteiger charge is -2.33. The Morgan fingerprint density at radius 3 is 2.48 bits per heavy atom. The number of hydrogen-bond donors (Lipinski definition) is 1. The van der Waals surface area contributed by atoms with E-state index < -0.39 is 0 Å². The molecule has 2 heterocycles.